The standard InChI is InChI=1S/C9H21N3O/c1-8(5-6-10)12(4)7-9(13)11(2)3/h8H,5-7,10H2,1-4H3. The highest BCUT2D eigenvalue weighted by Crippen LogP contribution is 1.99. The zero-order valence-electron chi connectivity index (χ0n) is 9.08. The Morgan fingerprint density at radius 2 is 1.92 bits per heavy atom. The molecule has 0 heterocycles. The summed E-state index contributed by atoms with van der Waals surface area (Å²) in [6, 6.07) is 0.369. The first-order chi connectivity index (χ1) is 5.99. The predicted molar refractivity (Wildman–Crippen MR) is 54.5 cm³/mol. The van der Waals surface area contributed by atoms with Crippen LogP contribution >= 0.6 is 0 Å². The third kappa shape index (κ3) is 4.85. The van der Waals surface area contributed by atoms with E-state index >= 15 is 0 Å². The highest BCUT2D eigenvalue weighted by molar-refractivity contribution is 5.77. The number of nitrogens with two attached hydrogens (primary N) is 1. The lowest BCUT2D eigenvalue weighted by molar-refractivity contribution is -0.130. The molecule has 0 saturated carbocycles. The molecule has 0 rings (SSSR count). The zero-order chi connectivity index (χ0) is 10.4. The number of carbonyl (C=O) groups excluding carboxylic acids is 1. The molecule has 0 fully saturated rings. The van der Waals surface area contributed by atoms with Crippen LogP contribution < -0.4 is 5.73 Å². The molecule has 0 aromatic rings. The Hall–Kier alpha value is -0.610. The molecule has 0 aliphatic rings. The number of likely N-dealkylation sites (N-methyl/N-ethyl adjacent to an activating group) is 2. The highest BCUT2D eigenvalue weighted by Gasteiger charge is 2.12. The van der Waals surface area contributed by atoms with E-state index in [1.54, 1.807) is 19.0 Å². The zero-order valence-corrected chi connectivity index (χ0v) is 9.08. The molecule has 0 bridgehead atoms. The first-order valence-electron chi connectivity index (χ1n) is 4.59. The van der Waals surface area contributed by atoms with E-state index in [2.05, 4.69) is 6.92 Å². The number of hydrogen-bond donors (Lipinski definition) is 1. The molecule has 4 nitrogen and oxygen atoms in total. The van der Waals surface area contributed by atoms with Gasteiger partial charge >= 0.3 is 0 Å². The van der Waals surface area contributed by atoms with Crippen molar-refractivity contribution in [3.8, 4) is 0 Å². The second-order valence-corrected chi connectivity index (χ2v) is 3.63. The van der Waals surface area contributed by atoms with Crippen molar-refractivity contribution < 1.29 is 4.79 Å². The summed E-state index contributed by atoms with van der Waals surface area (Å²) in [6.07, 6.45) is 0.928. The van der Waals surface area contributed by atoms with Gasteiger partial charge in [0, 0.05) is 20.1 Å². The van der Waals surface area contributed by atoms with Gasteiger partial charge in [-0.15, -0.1) is 0 Å². The van der Waals surface area contributed by atoms with E-state index in [9.17, 15) is 4.79 Å². The molecular formula is C9H21N3O. The van der Waals surface area contributed by atoms with Crippen molar-refractivity contribution in [2.45, 2.75) is 19.4 Å². The van der Waals surface area contributed by atoms with Crippen molar-refractivity contribution in [2.75, 3.05) is 34.2 Å². The number of amides is 1. The van der Waals surface area contributed by atoms with Crippen molar-refractivity contribution >= 4 is 5.91 Å². The lowest BCUT2D eigenvalue weighted by Gasteiger charge is -2.24. The molecule has 1 atom stereocenters. The van der Waals surface area contributed by atoms with Crippen LogP contribution in [0.4, 0.5) is 0 Å². The van der Waals surface area contributed by atoms with Gasteiger partial charge in [-0.3, -0.25) is 9.69 Å². The van der Waals surface area contributed by atoms with Gasteiger partial charge in [-0.2, -0.15) is 0 Å². The van der Waals surface area contributed by atoms with Crippen LogP contribution in [-0.2, 0) is 4.79 Å². The Labute approximate surface area is 80.7 Å². The van der Waals surface area contributed by atoms with Gasteiger partial charge < -0.3 is 10.6 Å². The van der Waals surface area contributed by atoms with Crippen molar-refractivity contribution in [3.63, 3.8) is 0 Å². The third-order valence-corrected chi connectivity index (χ3v) is 2.22. The smallest absolute Gasteiger partial charge is 0.236 e. The molecule has 13 heavy (non-hydrogen) atoms. The molecule has 78 valence electrons. The Bertz CT molecular complexity index is 159. The molecule has 1 amide bonds. The van der Waals surface area contributed by atoms with Crippen LogP contribution in [0.5, 0.6) is 0 Å². The van der Waals surface area contributed by atoms with Gasteiger partial charge in [0.15, 0.2) is 0 Å². The molecule has 1 unspecified atom stereocenters. The largest absolute Gasteiger partial charge is 0.348 e. The summed E-state index contributed by atoms with van der Waals surface area (Å²) in [5.74, 6) is 0.131. The van der Waals surface area contributed by atoms with Crippen molar-refractivity contribution in [1.29, 1.82) is 0 Å². The fourth-order valence-electron chi connectivity index (χ4n) is 0.972. The Kier molecular flexibility index (Phi) is 5.66. The molecule has 0 aliphatic heterocycles. The van der Waals surface area contributed by atoms with E-state index < -0.39 is 0 Å². The number of hydrogen-bond acceptors (Lipinski definition) is 3. The van der Waals surface area contributed by atoms with E-state index in [1.807, 2.05) is 11.9 Å². The summed E-state index contributed by atoms with van der Waals surface area (Å²) in [7, 11) is 5.48. The maximum absolute atomic E-state index is 11.3. The summed E-state index contributed by atoms with van der Waals surface area (Å²) >= 11 is 0. The van der Waals surface area contributed by atoms with Gasteiger partial charge in [0.25, 0.3) is 0 Å². The Balaban J connectivity index is 3.85. The first kappa shape index (κ1) is 12.4. The minimum Gasteiger partial charge on any atom is -0.348 e. The molecule has 0 spiro atoms. The quantitative estimate of drug-likeness (QED) is 0.645. The van der Waals surface area contributed by atoms with Crippen LogP contribution in [0.25, 0.3) is 0 Å². The molecule has 0 aromatic carbocycles. The van der Waals surface area contributed by atoms with Crippen LogP contribution in [0, 0.1) is 0 Å². The SMILES string of the molecule is CC(CCN)N(C)CC(=O)N(C)C. The Morgan fingerprint density at radius 1 is 1.38 bits per heavy atom. The average molecular weight is 187 g/mol. The topological polar surface area (TPSA) is 49.6 Å². The van der Waals surface area contributed by atoms with Gasteiger partial charge in [0.2, 0.25) is 5.91 Å². The van der Waals surface area contributed by atoms with Gasteiger partial charge in [0.05, 0.1) is 6.54 Å². The molecule has 0 aliphatic carbocycles. The number of nitrogens with zero attached hydrogens (tertiary/aromatic N) is 2. The van der Waals surface area contributed by atoms with E-state index in [0.717, 1.165) is 6.42 Å². The van der Waals surface area contributed by atoms with E-state index in [0.29, 0.717) is 19.1 Å². The maximum atomic E-state index is 11.3. The molecule has 2 N–H and O–H groups in total. The van der Waals surface area contributed by atoms with Gasteiger partial charge in [-0.1, -0.05) is 0 Å². The van der Waals surface area contributed by atoms with Gasteiger partial charge in [-0.25, -0.2) is 0 Å². The fourth-order valence-corrected chi connectivity index (χ4v) is 0.972. The summed E-state index contributed by atoms with van der Waals surface area (Å²) < 4.78 is 0. The lowest BCUT2D eigenvalue weighted by Crippen LogP contribution is -2.39. The number of rotatable bonds is 5. The van der Waals surface area contributed by atoms with E-state index in [4.69, 9.17) is 5.73 Å². The summed E-state index contributed by atoms with van der Waals surface area (Å²) in [5.41, 5.74) is 5.44. The minimum atomic E-state index is 0.131. The van der Waals surface area contributed by atoms with Crippen molar-refractivity contribution in [1.82, 2.24) is 9.80 Å². The van der Waals surface area contributed by atoms with Crippen molar-refractivity contribution in [2.24, 2.45) is 5.73 Å². The second kappa shape index (κ2) is 5.94. The highest BCUT2D eigenvalue weighted by atomic mass is 16.2. The van der Waals surface area contributed by atoms with Crippen molar-refractivity contribution in [3.05, 3.63) is 0 Å². The van der Waals surface area contributed by atoms with Crippen LogP contribution in [0.15, 0.2) is 0 Å². The Morgan fingerprint density at radius 3 is 2.31 bits per heavy atom. The van der Waals surface area contributed by atoms with Crippen LogP contribution in [-0.4, -0.2) is 56.0 Å². The molecule has 0 saturated heterocycles. The molecule has 0 radical (unpaired) electrons. The van der Waals surface area contributed by atoms with E-state index in [1.165, 1.54) is 0 Å². The van der Waals surface area contributed by atoms with Crippen LogP contribution in [0.3, 0.4) is 0 Å². The normalized spacial score (nSPS) is 13.1. The van der Waals surface area contributed by atoms with Gasteiger partial charge in [-0.05, 0) is 26.9 Å². The van der Waals surface area contributed by atoms with Crippen LogP contribution in [0.2, 0.25) is 0 Å². The summed E-state index contributed by atoms with van der Waals surface area (Å²) in [4.78, 5) is 14.9. The van der Waals surface area contributed by atoms with Crippen LogP contribution in [0.1, 0.15) is 13.3 Å². The molecule has 4 heteroatoms. The summed E-state index contributed by atoms with van der Waals surface area (Å²) in [6.45, 7) is 3.21. The second-order valence-electron chi connectivity index (χ2n) is 3.63. The molecule has 0 aromatic heterocycles. The predicted octanol–water partition coefficient (Wildman–Crippen LogP) is -0.256. The first-order valence-corrected chi connectivity index (χ1v) is 4.59. The maximum Gasteiger partial charge on any atom is 0.236 e. The summed E-state index contributed by atoms with van der Waals surface area (Å²) in [5, 5.41) is 0. The third-order valence-electron chi connectivity index (χ3n) is 2.22. The molecular weight excluding hydrogens is 166 g/mol. The van der Waals surface area contributed by atoms with Gasteiger partial charge in [0.1, 0.15) is 0 Å². The lowest BCUT2D eigenvalue weighted by atomic mass is 10.2. The number of carbonyl (C=O) groups is 1. The average Bonchev–Trinajstić information content (AvgIpc) is 2.04. The monoisotopic (exact) mass is 187 g/mol. The van der Waals surface area contributed by atoms with E-state index in [-0.39, 0.29) is 5.91 Å². The minimum absolute atomic E-state index is 0.131. The fraction of sp³-hybridized carbons (Fsp3) is 0.889.